The van der Waals surface area contributed by atoms with Gasteiger partial charge in [-0.05, 0) is 49.4 Å². The van der Waals surface area contributed by atoms with Gasteiger partial charge in [-0.25, -0.2) is 0 Å². The molecule has 0 aromatic heterocycles. The fraction of sp³-hybridized carbons (Fsp3) is 0.188. The molecule has 2 aromatic rings. The van der Waals surface area contributed by atoms with Gasteiger partial charge in [-0.2, -0.15) is 13.2 Å². The van der Waals surface area contributed by atoms with Crippen molar-refractivity contribution in [2.45, 2.75) is 23.2 Å². The molecule has 0 aliphatic carbocycles. The number of nitrogens with one attached hydrogen (secondary N) is 1. The molecule has 0 fully saturated rings. The SMILES string of the molecule is CC(Sc1ccc(Cl)cc1)C(=O)Nc1cc(C(F)(F)F)ccc1Cl. The van der Waals surface area contributed by atoms with Gasteiger partial charge in [0.15, 0.2) is 0 Å². The first-order valence-corrected chi connectivity index (χ1v) is 8.40. The lowest BCUT2D eigenvalue weighted by molar-refractivity contribution is -0.137. The highest BCUT2D eigenvalue weighted by Crippen LogP contribution is 2.34. The van der Waals surface area contributed by atoms with Crippen LogP contribution in [0.1, 0.15) is 12.5 Å². The number of rotatable bonds is 4. The van der Waals surface area contributed by atoms with E-state index in [2.05, 4.69) is 5.32 Å². The Morgan fingerprint density at radius 2 is 1.75 bits per heavy atom. The second kappa shape index (κ2) is 7.68. The number of thioether (sulfide) groups is 1. The Balaban J connectivity index is 2.09. The van der Waals surface area contributed by atoms with E-state index in [0.717, 1.165) is 23.1 Å². The Kier molecular flexibility index (Phi) is 6.06. The molecule has 0 aliphatic rings. The molecule has 1 unspecified atom stereocenters. The van der Waals surface area contributed by atoms with Gasteiger partial charge in [-0.3, -0.25) is 4.79 Å². The van der Waals surface area contributed by atoms with Crippen LogP contribution in [0.5, 0.6) is 0 Å². The van der Waals surface area contributed by atoms with Crippen LogP contribution in [0.4, 0.5) is 18.9 Å². The number of alkyl halides is 3. The fourth-order valence-electron chi connectivity index (χ4n) is 1.80. The molecule has 0 radical (unpaired) electrons. The van der Waals surface area contributed by atoms with E-state index in [4.69, 9.17) is 23.2 Å². The highest BCUT2D eigenvalue weighted by molar-refractivity contribution is 8.00. The molecule has 0 bridgehead atoms. The first-order chi connectivity index (χ1) is 11.2. The Morgan fingerprint density at radius 3 is 2.33 bits per heavy atom. The van der Waals surface area contributed by atoms with Gasteiger partial charge >= 0.3 is 6.18 Å². The quantitative estimate of drug-likeness (QED) is 0.632. The molecule has 0 aliphatic heterocycles. The molecule has 1 amide bonds. The van der Waals surface area contributed by atoms with Gasteiger partial charge in [0, 0.05) is 9.92 Å². The summed E-state index contributed by atoms with van der Waals surface area (Å²) in [6, 6.07) is 9.69. The van der Waals surface area contributed by atoms with Crippen LogP contribution in [-0.4, -0.2) is 11.2 Å². The molecule has 0 spiro atoms. The largest absolute Gasteiger partial charge is 0.416 e. The summed E-state index contributed by atoms with van der Waals surface area (Å²) >= 11 is 12.9. The fourth-order valence-corrected chi connectivity index (χ4v) is 2.96. The lowest BCUT2D eigenvalue weighted by Crippen LogP contribution is -2.22. The number of hydrogen-bond acceptors (Lipinski definition) is 2. The molecular weight excluding hydrogens is 382 g/mol. The molecule has 2 rings (SSSR count). The third-order valence-electron chi connectivity index (χ3n) is 3.05. The third-order valence-corrected chi connectivity index (χ3v) is 4.74. The standard InChI is InChI=1S/C16H12Cl2F3NOS/c1-9(24-12-5-3-11(17)4-6-12)15(23)22-14-8-10(16(19,20)21)2-7-13(14)18/h2-9H,1H3,(H,22,23). The topological polar surface area (TPSA) is 29.1 Å². The zero-order chi connectivity index (χ0) is 17.9. The van der Waals surface area contributed by atoms with Crippen molar-refractivity contribution in [3.63, 3.8) is 0 Å². The molecule has 2 nitrogen and oxygen atoms in total. The minimum atomic E-state index is -4.51. The van der Waals surface area contributed by atoms with E-state index in [9.17, 15) is 18.0 Å². The van der Waals surface area contributed by atoms with E-state index in [0.29, 0.717) is 5.02 Å². The normalized spacial score (nSPS) is 12.8. The number of carbonyl (C=O) groups is 1. The van der Waals surface area contributed by atoms with Crippen molar-refractivity contribution >= 4 is 46.6 Å². The van der Waals surface area contributed by atoms with Crippen molar-refractivity contribution in [3.05, 3.63) is 58.1 Å². The molecule has 128 valence electrons. The zero-order valence-electron chi connectivity index (χ0n) is 12.3. The first-order valence-electron chi connectivity index (χ1n) is 6.76. The number of halogens is 5. The van der Waals surface area contributed by atoms with Crippen LogP contribution >= 0.6 is 35.0 Å². The van der Waals surface area contributed by atoms with E-state index in [1.807, 2.05) is 0 Å². The number of benzene rings is 2. The minimum Gasteiger partial charge on any atom is -0.324 e. The Morgan fingerprint density at radius 1 is 1.12 bits per heavy atom. The van der Waals surface area contributed by atoms with E-state index < -0.39 is 22.9 Å². The van der Waals surface area contributed by atoms with Crippen LogP contribution in [0.3, 0.4) is 0 Å². The monoisotopic (exact) mass is 393 g/mol. The molecule has 24 heavy (non-hydrogen) atoms. The second-order valence-electron chi connectivity index (χ2n) is 4.90. The van der Waals surface area contributed by atoms with Gasteiger partial charge in [-0.1, -0.05) is 23.2 Å². The molecule has 8 heteroatoms. The predicted molar refractivity (Wildman–Crippen MR) is 91.9 cm³/mol. The lowest BCUT2D eigenvalue weighted by Gasteiger charge is -2.15. The molecule has 1 N–H and O–H groups in total. The number of hydrogen-bond donors (Lipinski definition) is 1. The van der Waals surface area contributed by atoms with Crippen LogP contribution in [0, 0.1) is 0 Å². The maximum absolute atomic E-state index is 12.7. The van der Waals surface area contributed by atoms with Crippen molar-refractivity contribution in [3.8, 4) is 0 Å². The van der Waals surface area contributed by atoms with Crippen LogP contribution in [0.2, 0.25) is 10.0 Å². The highest BCUT2D eigenvalue weighted by atomic mass is 35.5. The van der Waals surface area contributed by atoms with E-state index in [1.54, 1.807) is 31.2 Å². The summed E-state index contributed by atoms with van der Waals surface area (Å²) < 4.78 is 38.2. The molecule has 2 aromatic carbocycles. The Labute approximate surface area is 151 Å². The maximum Gasteiger partial charge on any atom is 0.416 e. The van der Waals surface area contributed by atoms with Crippen LogP contribution in [0.15, 0.2) is 47.4 Å². The van der Waals surface area contributed by atoms with Crippen LogP contribution < -0.4 is 5.32 Å². The summed E-state index contributed by atoms with van der Waals surface area (Å²) in [6.45, 7) is 1.65. The van der Waals surface area contributed by atoms with Crippen molar-refractivity contribution in [1.82, 2.24) is 0 Å². The van der Waals surface area contributed by atoms with Gasteiger partial charge in [-0.15, -0.1) is 11.8 Å². The van der Waals surface area contributed by atoms with E-state index in [-0.39, 0.29) is 10.7 Å². The van der Waals surface area contributed by atoms with Crippen LogP contribution in [0.25, 0.3) is 0 Å². The van der Waals surface area contributed by atoms with Crippen molar-refractivity contribution in [2.75, 3.05) is 5.32 Å². The molecule has 0 saturated carbocycles. The third kappa shape index (κ3) is 5.06. The smallest absolute Gasteiger partial charge is 0.324 e. The minimum absolute atomic E-state index is 0.0417. The van der Waals surface area contributed by atoms with Crippen molar-refractivity contribution < 1.29 is 18.0 Å². The number of carbonyl (C=O) groups excluding carboxylic acids is 1. The summed E-state index contributed by atoms with van der Waals surface area (Å²) in [4.78, 5) is 13.0. The summed E-state index contributed by atoms with van der Waals surface area (Å²) in [5.74, 6) is -0.448. The summed E-state index contributed by atoms with van der Waals surface area (Å²) in [6.07, 6.45) is -4.51. The Hall–Kier alpha value is -1.37. The van der Waals surface area contributed by atoms with Gasteiger partial charge in [0.05, 0.1) is 21.5 Å². The predicted octanol–water partition coefficient (Wildman–Crippen LogP) is 6.13. The summed E-state index contributed by atoms with van der Waals surface area (Å²) in [5, 5.41) is 2.52. The number of amides is 1. The van der Waals surface area contributed by atoms with Gasteiger partial charge in [0.2, 0.25) is 5.91 Å². The van der Waals surface area contributed by atoms with Crippen LogP contribution in [-0.2, 0) is 11.0 Å². The number of anilines is 1. The highest BCUT2D eigenvalue weighted by Gasteiger charge is 2.31. The summed E-state index contributed by atoms with van der Waals surface area (Å²) in [5.41, 5.74) is -0.944. The van der Waals surface area contributed by atoms with Gasteiger partial charge in [0.25, 0.3) is 0 Å². The van der Waals surface area contributed by atoms with E-state index >= 15 is 0 Å². The summed E-state index contributed by atoms with van der Waals surface area (Å²) in [7, 11) is 0. The first kappa shape index (κ1) is 19.0. The average molecular weight is 394 g/mol. The average Bonchev–Trinajstić information content (AvgIpc) is 2.50. The van der Waals surface area contributed by atoms with Gasteiger partial charge in [0.1, 0.15) is 0 Å². The Bertz CT molecular complexity index is 735. The maximum atomic E-state index is 12.7. The molecular formula is C16H12Cl2F3NOS. The molecule has 1 atom stereocenters. The second-order valence-corrected chi connectivity index (χ2v) is 7.15. The molecule has 0 saturated heterocycles. The zero-order valence-corrected chi connectivity index (χ0v) is 14.7. The van der Waals surface area contributed by atoms with Crippen molar-refractivity contribution in [2.24, 2.45) is 0 Å². The van der Waals surface area contributed by atoms with E-state index in [1.165, 1.54) is 11.8 Å². The lowest BCUT2D eigenvalue weighted by atomic mass is 10.2. The van der Waals surface area contributed by atoms with Gasteiger partial charge < -0.3 is 5.32 Å². The molecule has 0 heterocycles. The van der Waals surface area contributed by atoms with Crippen molar-refractivity contribution in [1.29, 1.82) is 0 Å².